The minimum Gasteiger partial charge on any atom is -0.462 e. The first-order valence-electron chi connectivity index (χ1n) is 26.9. The van der Waals surface area contributed by atoms with Gasteiger partial charge in [-0.1, -0.05) is 265 Å². The Hall–Kier alpha value is -1.59. The summed E-state index contributed by atoms with van der Waals surface area (Å²) >= 11 is 0. The predicted octanol–water partition coefficient (Wildman–Crippen LogP) is 17.5. The summed E-state index contributed by atoms with van der Waals surface area (Å²) in [6.45, 7) is 9.04. The van der Waals surface area contributed by atoms with Gasteiger partial charge in [0.05, 0.1) is 0 Å². The van der Waals surface area contributed by atoms with Gasteiger partial charge in [-0.15, -0.1) is 0 Å². The molecule has 0 saturated carbocycles. The molecule has 60 heavy (non-hydrogen) atoms. The van der Waals surface area contributed by atoms with E-state index in [2.05, 4.69) is 27.7 Å². The molecule has 0 bridgehead atoms. The van der Waals surface area contributed by atoms with Gasteiger partial charge in [-0.3, -0.25) is 14.4 Å². The largest absolute Gasteiger partial charge is 0.462 e. The fourth-order valence-corrected chi connectivity index (χ4v) is 8.19. The highest BCUT2D eigenvalue weighted by Crippen LogP contribution is 2.18. The van der Waals surface area contributed by atoms with Crippen LogP contribution < -0.4 is 0 Å². The van der Waals surface area contributed by atoms with Crippen LogP contribution in [0.25, 0.3) is 0 Å². The average Bonchev–Trinajstić information content (AvgIpc) is 3.25. The van der Waals surface area contributed by atoms with Crippen LogP contribution in [0.3, 0.4) is 0 Å². The monoisotopic (exact) mass is 849 g/mol. The molecule has 0 aliphatic carbocycles. The average molecular weight is 849 g/mol. The van der Waals surface area contributed by atoms with Gasteiger partial charge in [-0.05, 0) is 25.2 Å². The molecule has 6 heteroatoms. The molecule has 0 aliphatic rings. The fourth-order valence-electron chi connectivity index (χ4n) is 8.19. The number of carbonyl (C=O) groups is 3. The molecule has 0 heterocycles. The van der Waals surface area contributed by atoms with Gasteiger partial charge in [-0.25, -0.2) is 0 Å². The normalized spacial score (nSPS) is 12.4. The van der Waals surface area contributed by atoms with Gasteiger partial charge in [-0.2, -0.15) is 0 Å². The molecular formula is C54H104O6. The molecule has 6 nitrogen and oxygen atoms in total. The Morgan fingerprint density at radius 2 is 0.583 bits per heavy atom. The standard InChI is InChI=1S/C54H104O6/c1-5-8-10-12-14-16-17-18-19-20-21-22-23-24-25-30-34-38-42-46-53(56)59-49-51(48-58-52(55)45-41-37-33-28-15-13-11-9-6-2)60-54(57)47-43-39-35-31-27-26-29-32-36-40-44-50(4)7-3/h50-51H,5-49H2,1-4H3/t50?,51-/m0/s1. The summed E-state index contributed by atoms with van der Waals surface area (Å²) in [5.41, 5.74) is 0. The first-order chi connectivity index (χ1) is 29.4. The Labute approximate surface area is 374 Å². The molecule has 0 N–H and O–H groups in total. The number of hydrogen-bond donors (Lipinski definition) is 0. The van der Waals surface area contributed by atoms with Crippen molar-refractivity contribution in [3.8, 4) is 0 Å². The van der Waals surface area contributed by atoms with E-state index >= 15 is 0 Å². The van der Waals surface area contributed by atoms with Crippen LogP contribution in [0, 0.1) is 5.92 Å². The van der Waals surface area contributed by atoms with E-state index in [-0.39, 0.29) is 31.1 Å². The second kappa shape index (κ2) is 48.4. The van der Waals surface area contributed by atoms with Crippen molar-refractivity contribution in [3.63, 3.8) is 0 Å². The highest BCUT2D eigenvalue weighted by Gasteiger charge is 2.19. The first kappa shape index (κ1) is 58.4. The van der Waals surface area contributed by atoms with Crippen molar-refractivity contribution in [1.82, 2.24) is 0 Å². The van der Waals surface area contributed by atoms with Gasteiger partial charge >= 0.3 is 17.9 Å². The summed E-state index contributed by atoms with van der Waals surface area (Å²) in [5.74, 6) is 0.0216. The first-order valence-corrected chi connectivity index (χ1v) is 26.9. The quantitative estimate of drug-likeness (QED) is 0.0345. The van der Waals surface area contributed by atoms with E-state index in [1.54, 1.807) is 0 Å². The summed E-state index contributed by atoms with van der Waals surface area (Å²) in [6.07, 6.45) is 50.9. The molecule has 2 atom stereocenters. The van der Waals surface area contributed by atoms with Crippen LogP contribution in [0.15, 0.2) is 0 Å². The predicted molar refractivity (Wildman–Crippen MR) is 257 cm³/mol. The van der Waals surface area contributed by atoms with E-state index in [9.17, 15) is 14.4 Å². The van der Waals surface area contributed by atoms with Crippen LogP contribution in [0.5, 0.6) is 0 Å². The maximum Gasteiger partial charge on any atom is 0.306 e. The van der Waals surface area contributed by atoms with Gasteiger partial charge in [0.2, 0.25) is 0 Å². The summed E-state index contributed by atoms with van der Waals surface area (Å²) < 4.78 is 16.8. The van der Waals surface area contributed by atoms with E-state index in [1.165, 1.54) is 199 Å². The lowest BCUT2D eigenvalue weighted by molar-refractivity contribution is -0.167. The van der Waals surface area contributed by atoms with Gasteiger partial charge in [0, 0.05) is 19.3 Å². The molecule has 0 aromatic heterocycles. The molecule has 0 aliphatic heterocycles. The lowest BCUT2D eigenvalue weighted by Gasteiger charge is -2.18. The molecule has 0 amide bonds. The number of carbonyl (C=O) groups excluding carboxylic acids is 3. The summed E-state index contributed by atoms with van der Waals surface area (Å²) in [4.78, 5) is 37.9. The zero-order chi connectivity index (χ0) is 43.8. The van der Waals surface area contributed by atoms with E-state index in [0.29, 0.717) is 19.3 Å². The van der Waals surface area contributed by atoms with Crippen LogP contribution in [0.1, 0.15) is 304 Å². The number of esters is 3. The third-order valence-electron chi connectivity index (χ3n) is 12.7. The van der Waals surface area contributed by atoms with Crippen molar-refractivity contribution < 1.29 is 28.6 Å². The fraction of sp³-hybridized carbons (Fsp3) is 0.944. The minimum absolute atomic E-state index is 0.0629. The Morgan fingerprint density at radius 3 is 0.867 bits per heavy atom. The molecule has 356 valence electrons. The van der Waals surface area contributed by atoms with E-state index in [1.807, 2.05) is 0 Å². The molecule has 0 spiro atoms. The maximum absolute atomic E-state index is 12.8. The summed E-state index contributed by atoms with van der Waals surface area (Å²) in [7, 11) is 0. The number of ether oxygens (including phenoxy) is 3. The van der Waals surface area contributed by atoms with Crippen LogP contribution in [0.2, 0.25) is 0 Å². The van der Waals surface area contributed by atoms with Gasteiger partial charge in [0.1, 0.15) is 13.2 Å². The van der Waals surface area contributed by atoms with Crippen molar-refractivity contribution in [2.75, 3.05) is 13.2 Å². The molecule has 0 saturated heterocycles. The van der Waals surface area contributed by atoms with Gasteiger partial charge < -0.3 is 14.2 Å². The minimum atomic E-state index is -0.760. The Kier molecular flexibility index (Phi) is 47.2. The van der Waals surface area contributed by atoms with Crippen LogP contribution in [-0.2, 0) is 28.6 Å². The summed E-state index contributed by atoms with van der Waals surface area (Å²) in [5, 5.41) is 0. The Morgan fingerprint density at radius 1 is 0.333 bits per heavy atom. The van der Waals surface area contributed by atoms with E-state index in [4.69, 9.17) is 14.2 Å². The van der Waals surface area contributed by atoms with Crippen LogP contribution in [-0.4, -0.2) is 37.2 Å². The van der Waals surface area contributed by atoms with E-state index < -0.39 is 6.10 Å². The Balaban J connectivity index is 4.22. The van der Waals surface area contributed by atoms with E-state index in [0.717, 1.165) is 63.7 Å². The number of unbranched alkanes of at least 4 members (excludes halogenated alkanes) is 35. The molecule has 0 aromatic carbocycles. The van der Waals surface area contributed by atoms with Gasteiger partial charge in [0.25, 0.3) is 0 Å². The third kappa shape index (κ3) is 45.9. The Bertz CT molecular complexity index is 905. The zero-order valence-electron chi connectivity index (χ0n) is 40.9. The summed E-state index contributed by atoms with van der Waals surface area (Å²) in [6, 6.07) is 0. The van der Waals surface area contributed by atoms with Crippen molar-refractivity contribution in [2.24, 2.45) is 5.92 Å². The molecular weight excluding hydrogens is 745 g/mol. The topological polar surface area (TPSA) is 78.9 Å². The van der Waals surface area contributed by atoms with Gasteiger partial charge in [0.15, 0.2) is 6.10 Å². The number of rotatable bonds is 49. The SMILES string of the molecule is CCCCCCCCCCCCCCCCCCCCCC(=O)OC[C@H](COC(=O)CCCCCCCCCCC)OC(=O)CCCCCCCCCCCCC(C)CC. The lowest BCUT2D eigenvalue weighted by atomic mass is 9.99. The van der Waals surface area contributed by atoms with Crippen molar-refractivity contribution in [1.29, 1.82) is 0 Å². The maximum atomic E-state index is 12.8. The molecule has 0 aromatic rings. The highest BCUT2D eigenvalue weighted by molar-refractivity contribution is 5.71. The van der Waals surface area contributed by atoms with Crippen LogP contribution >= 0.6 is 0 Å². The third-order valence-corrected chi connectivity index (χ3v) is 12.7. The molecule has 1 unspecified atom stereocenters. The molecule has 0 radical (unpaired) electrons. The molecule has 0 rings (SSSR count). The van der Waals surface area contributed by atoms with Crippen molar-refractivity contribution in [2.45, 2.75) is 310 Å². The zero-order valence-corrected chi connectivity index (χ0v) is 40.9. The smallest absolute Gasteiger partial charge is 0.306 e. The highest BCUT2D eigenvalue weighted by atomic mass is 16.6. The molecule has 0 fully saturated rings. The van der Waals surface area contributed by atoms with Crippen molar-refractivity contribution >= 4 is 17.9 Å². The van der Waals surface area contributed by atoms with Crippen LogP contribution in [0.4, 0.5) is 0 Å². The van der Waals surface area contributed by atoms with Crippen molar-refractivity contribution in [3.05, 3.63) is 0 Å². The second-order valence-corrected chi connectivity index (χ2v) is 18.8. The second-order valence-electron chi connectivity index (χ2n) is 18.8. The number of hydrogen-bond acceptors (Lipinski definition) is 6. The lowest BCUT2D eigenvalue weighted by Crippen LogP contribution is -2.30.